The Bertz CT molecular complexity index is 438. The van der Waals surface area contributed by atoms with Gasteiger partial charge in [-0.1, -0.05) is 12.1 Å². The van der Waals surface area contributed by atoms with Crippen molar-refractivity contribution in [3.05, 3.63) is 29.8 Å². The summed E-state index contributed by atoms with van der Waals surface area (Å²) in [5, 5.41) is 0. The zero-order chi connectivity index (χ0) is 13.8. The van der Waals surface area contributed by atoms with E-state index in [1.54, 1.807) is 26.1 Å². The number of hydrogen-bond acceptors (Lipinski definition) is 2. The van der Waals surface area contributed by atoms with Crippen molar-refractivity contribution in [2.45, 2.75) is 18.8 Å². The van der Waals surface area contributed by atoms with E-state index in [1.165, 1.54) is 5.56 Å². The van der Waals surface area contributed by atoms with Crippen molar-refractivity contribution in [2.75, 3.05) is 34.3 Å². The molecule has 0 saturated carbocycles. The van der Waals surface area contributed by atoms with Crippen LogP contribution in [0.15, 0.2) is 24.3 Å². The van der Waals surface area contributed by atoms with Gasteiger partial charge in [0.1, 0.15) is 5.75 Å². The molecule has 0 bridgehead atoms. The van der Waals surface area contributed by atoms with Crippen molar-refractivity contribution in [2.24, 2.45) is 0 Å². The summed E-state index contributed by atoms with van der Waals surface area (Å²) in [4.78, 5) is 15.4. The fourth-order valence-corrected chi connectivity index (χ4v) is 2.58. The van der Waals surface area contributed by atoms with Crippen LogP contribution >= 0.6 is 0 Å². The molecule has 2 amide bonds. The molecule has 2 rings (SSSR count). The summed E-state index contributed by atoms with van der Waals surface area (Å²) in [6.07, 6.45) is 2.04. The molecule has 0 unspecified atom stereocenters. The first kappa shape index (κ1) is 13.7. The Morgan fingerprint density at radius 3 is 2.58 bits per heavy atom. The molecule has 4 nitrogen and oxygen atoms in total. The van der Waals surface area contributed by atoms with E-state index in [1.807, 2.05) is 17.0 Å². The molecule has 4 heteroatoms. The molecule has 19 heavy (non-hydrogen) atoms. The molecule has 1 heterocycles. The summed E-state index contributed by atoms with van der Waals surface area (Å²) in [6, 6.07) is 8.37. The number of nitrogens with zero attached hydrogens (tertiary/aromatic N) is 2. The molecule has 0 aliphatic carbocycles. The van der Waals surface area contributed by atoms with E-state index in [-0.39, 0.29) is 6.03 Å². The summed E-state index contributed by atoms with van der Waals surface area (Å²) in [7, 11) is 5.30. The molecule has 104 valence electrons. The van der Waals surface area contributed by atoms with E-state index in [2.05, 4.69) is 12.1 Å². The van der Waals surface area contributed by atoms with Crippen LogP contribution in [0.5, 0.6) is 5.75 Å². The average Bonchev–Trinajstić information content (AvgIpc) is 2.46. The molecule has 0 radical (unpaired) electrons. The standard InChI is InChI=1S/C15H22N2O2/c1-16(2)15(18)17-9-7-12(8-10-17)13-5-4-6-14(11-13)19-3/h4-6,11-12H,7-10H2,1-3H3. The van der Waals surface area contributed by atoms with Gasteiger partial charge in [0.25, 0.3) is 0 Å². The number of likely N-dealkylation sites (tertiary alicyclic amines) is 1. The van der Waals surface area contributed by atoms with E-state index < -0.39 is 0 Å². The first-order valence-corrected chi connectivity index (χ1v) is 6.72. The van der Waals surface area contributed by atoms with Crippen LogP contribution in [-0.4, -0.2) is 50.1 Å². The summed E-state index contributed by atoms with van der Waals surface area (Å²) < 4.78 is 5.27. The first-order chi connectivity index (χ1) is 9.11. The maximum Gasteiger partial charge on any atom is 0.319 e. The molecular formula is C15H22N2O2. The number of benzene rings is 1. The minimum Gasteiger partial charge on any atom is -0.497 e. The van der Waals surface area contributed by atoms with Crippen LogP contribution in [0.4, 0.5) is 4.79 Å². The van der Waals surface area contributed by atoms with Gasteiger partial charge in [-0.2, -0.15) is 0 Å². The highest BCUT2D eigenvalue weighted by Crippen LogP contribution is 2.30. The van der Waals surface area contributed by atoms with Gasteiger partial charge in [-0.3, -0.25) is 0 Å². The summed E-state index contributed by atoms with van der Waals surface area (Å²) >= 11 is 0. The number of carbonyl (C=O) groups excluding carboxylic acids is 1. The van der Waals surface area contributed by atoms with Gasteiger partial charge < -0.3 is 14.5 Å². The molecule has 0 aromatic heterocycles. The number of methoxy groups -OCH3 is 1. The number of urea groups is 1. The summed E-state index contributed by atoms with van der Waals surface area (Å²) in [5.74, 6) is 1.44. The Morgan fingerprint density at radius 2 is 2.00 bits per heavy atom. The van der Waals surface area contributed by atoms with E-state index >= 15 is 0 Å². The number of amides is 2. The monoisotopic (exact) mass is 262 g/mol. The number of ether oxygens (including phenoxy) is 1. The van der Waals surface area contributed by atoms with Crippen LogP contribution in [0.1, 0.15) is 24.3 Å². The lowest BCUT2D eigenvalue weighted by Crippen LogP contribution is -2.43. The maximum atomic E-state index is 11.9. The molecule has 1 saturated heterocycles. The van der Waals surface area contributed by atoms with E-state index in [0.717, 1.165) is 31.7 Å². The molecule has 1 aliphatic rings. The van der Waals surface area contributed by atoms with E-state index in [4.69, 9.17) is 4.74 Å². The molecule has 0 spiro atoms. The van der Waals surface area contributed by atoms with Crippen molar-refractivity contribution in [1.82, 2.24) is 9.80 Å². The third kappa shape index (κ3) is 3.19. The fourth-order valence-electron chi connectivity index (χ4n) is 2.58. The molecule has 1 aliphatic heterocycles. The van der Waals surface area contributed by atoms with Crippen molar-refractivity contribution in [3.8, 4) is 5.75 Å². The third-order valence-corrected chi connectivity index (χ3v) is 3.71. The Balaban J connectivity index is 1.97. The number of rotatable bonds is 2. The van der Waals surface area contributed by atoms with E-state index in [9.17, 15) is 4.79 Å². The summed E-state index contributed by atoms with van der Waals surface area (Å²) in [5.41, 5.74) is 1.32. The van der Waals surface area contributed by atoms with Crippen LogP contribution in [-0.2, 0) is 0 Å². The number of hydrogen-bond donors (Lipinski definition) is 0. The molecule has 0 N–H and O–H groups in total. The van der Waals surface area contributed by atoms with Crippen molar-refractivity contribution < 1.29 is 9.53 Å². The highest BCUT2D eigenvalue weighted by Gasteiger charge is 2.24. The molecule has 0 atom stereocenters. The van der Waals surface area contributed by atoms with Gasteiger partial charge in [0.15, 0.2) is 0 Å². The van der Waals surface area contributed by atoms with Crippen LogP contribution < -0.4 is 4.74 Å². The van der Waals surface area contributed by atoms with Gasteiger partial charge in [-0.25, -0.2) is 4.79 Å². The molecule has 1 aromatic rings. The average molecular weight is 262 g/mol. The van der Waals surface area contributed by atoms with Crippen molar-refractivity contribution in [3.63, 3.8) is 0 Å². The van der Waals surface area contributed by atoms with Crippen LogP contribution in [0.3, 0.4) is 0 Å². The topological polar surface area (TPSA) is 32.8 Å². The Kier molecular flexibility index (Phi) is 4.30. The van der Waals surface area contributed by atoms with Gasteiger partial charge in [0.2, 0.25) is 0 Å². The highest BCUT2D eigenvalue weighted by atomic mass is 16.5. The van der Waals surface area contributed by atoms with Gasteiger partial charge in [0, 0.05) is 27.2 Å². The Hall–Kier alpha value is -1.71. The van der Waals surface area contributed by atoms with Crippen molar-refractivity contribution in [1.29, 1.82) is 0 Å². The SMILES string of the molecule is COc1cccc(C2CCN(C(=O)N(C)C)CC2)c1. The number of carbonyl (C=O) groups is 1. The predicted octanol–water partition coefficient (Wildman–Crippen LogP) is 2.56. The van der Waals surface area contributed by atoms with Crippen LogP contribution in [0, 0.1) is 0 Å². The summed E-state index contributed by atoms with van der Waals surface area (Å²) in [6.45, 7) is 1.66. The highest BCUT2D eigenvalue weighted by molar-refractivity contribution is 5.73. The molecule has 1 aromatic carbocycles. The minimum absolute atomic E-state index is 0.115. The lowest BCUT2D eigenvalue weighted by atomic mass is 9.89. The quantitative estimate of drug-likeness (QED) is 0.820. The normalized spacial score (nSPS) is 16.3. The third-order valence-electron chi connectivity index (χ3n) is 3.71. The first-order valence-electron chi connectivity index (χ1n) is 6.72. The zero-order valence-corrected chi connectivity index (χ0v) is 11.9. The fraction of sp³-hybridized carbons (Fsp3) is 0.533. The van der Waals surface area contributed by atoms with Crippen LogP contribution in [0.25, 0.3) is 0 Å². The Morgan fingerprint density at radius 1 is 1.32 bits per heavy atom. The van der Waals surface area contributed by atoms with Crippen LogP contribution in [0.2, 0.25) is 0 Å². The van der Waals surface area contributed by atoms with Gasteiger partial charge in [0.05, 0.1) is 7.11 Å². The van der Waals surface area contributed by atoms with Gasteiger partial charge >= 0.3 is 6.03 Å². The van der Waals surface area contributed by atoms with Gasteiger partial charge in [-0.15, -0.1) is 0 Å². The minimum atomic E-state index is 0.115. The van der Waals surface area contributed by atoms with Gasteiger partial charge in [-0.05, 0) is 36.5 Å². The van der Waals surface area contributed by atoms with E-state index in [0.29, 0.717) is 5.92 Å². The lowest BCUT2D eigenvalue weighted by Gasteiger charge is -2.33. The second-order valence-electron chi connectivity index (χ2n) is 5.21. The lowest BCUT2D eigenvalue weighted by molar-refractivity contribution is 0.156. The number of piperidine rings is 1. The molecular weight excluding hydrogens is 240 g/mol. The smallest absolute Gasteiger partial charge is 0.319 e. The largest absolute Gasteiger partial charge is 0.497 e. The molecule has 1 fully saturated rings. The Labute approximate surface area is 115 Å². The maximum absolute atomic E-state index is 11.9. The zero-order valence-electron chi connectivity index (χ0n) is 11.9. The second-order valence-corrected chi connectivity index (χ2v) is 5.21. The second kappa shape index (κ2) is 5.95. The predicted molar refractivity (Wildman–Crippen MR) is 75.6 cm³/mol. The van der Waals surface area contributed by atoms with Crippen molar-refractivity contribution >= 4 is 6.03 Å².